The number of carbonyl (C=O) groups is 1. The number of aliphatic hydroxyl groups excluding tert-OH is 1. The van der Waals surface area contributed by atoms with Crippen LogP contribution in [0.5, 0.6) is 0 Å². The summed E-state index contributed by atoms with van der Waals surface area (Å²) in [5.74, 6) is -0.748. The molecule has 1 saturated carbocycles. The summed E-state index contributed by atoms with van der Waals surface area (Å²) in [5.41, 5.74) is 0.00200. The van der Waals surface area contributed by atoms with E-state index in [9.17, 15) is 24.3 Å². The number of amides is 1. The third kappa shape index (κ3) is 5.77. The lowest BCUT2D eigenvalue weighted by Gasteiger charge is -2.27. The van der Waals surface area contributed by atoms with Crippen LogP contribution in [0.1, 0.15) is 42.5 Å². The maximum Gasteiger partial charge on any atom is 0.342 e. The van der Waals surface area contributed by atoms with Crippen molar-refractivity contribution in [2.45, 2.75) is 50.0 Å². The summed E-state index contributed by atoms with van der Waals surface area (Å²) >= 11 is 0. The van der Waals surface area contributed by atoms with Gasteiger partial charge in [-0.3, -0.25) is 9.36 Å². The fourth-order valence-electron chi connectivity index (χ4n) is 5.25. The van der Waals surface area contributed by atoms with E-state index in [0.29, 0.717) is 23.2 Å². The topological polar surface area (TPSA) is 119 Å². The van der Waals surface area contributed by atoms with Crippen molar-refractivity contribution in [3.8, 4) is 0 Å². The van der Waals surface area contributed by atoms with Crippen LogP contribution < -0.4 is 10.6 Å². The predicted octanol–water partition coefficient (Wildman–Crippen LogP) is 5.24. The number of hydrogen-bond donors (Lipinski definition) is 5. The van der Waals surface area contributed by atoms with Gasteiger partial charge in [0.25, 0.3) is 0 Å². The number of nitrogens with one attached hydrogen (secondary N) is 2. The van der Waals surface area contributed by atoms with Crippen molar-refractivity contribution in [3.05, 3.63) is 90.0 Å². The molecule has 37 heavy (non-hydrogen) atoms. The van der Waals surface area contributed by atoms with Gasteiger partial charge in [-0.05, 0) is 70.5 Å². The zero-order chi connectivity index (χ0) is 26.0. The van der Waals surface area contributed by atoms with Gasteiger partial charge < -0.3 is 25.5 Å². The Hall–Kier alpha value is -3.06. The van der Waals surface area contributed by atoms with Gasteiger partial charge in [0.1, 0.15) is 0 Å². The number of anilines is 1. The minimum atomic E-state index is -4.85. The van der Waals surface area contributed by atoms with Crippen molar-refractivity contribution in [3.63, 3.8) is 0 Å². The largest absolute Gasteiger partial charge is 0.393 e. The van der Waals surface area contributed by atoms with Gasteiger partial charge >= 0.3 is 7.60 Å². The zero-order valence-corrected chi connectivity index (χ0v) is 21.3. The minimum Gasteiger partial charge on any atom is -0.393 e. The number of benzene rings is 4. The molecule has 0 spiro atoms. The molecule has 0 aromatic heterocycles. The Bertz CT molecular complexity index is 1470. The van der Waals surface area contributed by atoms with E-state index in [2.05, 4.69) is 10.6 Å². The highest BCUT2D eigenvalue weighted by Gasteiger charge is 2.38. The van der Waals surface area contributed by atoms with E-state index in [-0.39, 0.29) is 12.1 Å². The van der Waals surface area contributed by atoms with Crippen LogP contribution in [0.25, 0.3) is 21.5 Å². The lowest BCUT2D eigenvalue weighted by Crippen LogP contribution is -2.34. The SMILES string of the molecule is O=C(Nc1cc2ccccc2cc1CNC1CCC(O)CC1)C(c1cccc2ccccc12)P(=O)(O)O. The summed E-state index contributed by atoms with van der Waals surface area (Å²) in [6.45, 7) is 0.482. The minimum absolute atomic E-state index is 0.243. The Balaban J connectivity index is 1.48. The number of hydrogen-bond acceptors (Lipinski definition) is 4. The Morgan fingerprint density at radius 3 is 2.19 bits per heavy atom. The average molecular weight is 519 g/mol. The molecule has 0 heterocycles. The van der Waals surface area contributed by atoms with E-state index in [1.807, 2.05) is 54.6 Å². The Morgan fingerprint density at radius 2 is 1.49 bits per heavy atom. The quantitative estimate of drug-likeness (QED) is 0.214. The van der Waals surface area contributed by atoms with Crippen LogP contribution in [0.15, 0.2) is 78.9 Å². The van der Waals surface area contributed by atoms with Crippen molar-refractivity contribution in [2.75, 3.05) is 5.32 Å². The van der Waals surface area contributed by atoms with Crippen LogP contribution in [0.3, 0.4) is 0 Å². The fourth-order valence-corrected chi connectivity index (χ4v) is 6.21. The fraction of sp³-hybridized carbons (Fsp3) is 0.276. The number of carbonyl (C=O) groups excluding carboxylic acids is 1. The molecule has 5 N–H and O–H groups in total. The van der Waals surface area contributed by atoms with Crippen LogP contribution in [0.4, 0.5) is 5.69 Å². The molecular weight excluding hydrogens is 487 g/mol. The van der Waals surface area contributed by atoms with Crippen molar-refractivity contribution >= 4 is 40.7 Å². The molecule has 1 amide bonds. The van der Waals surface area contributed by atoms with Gasteiger partial charge in [-0.2, -0.15) is 0 Å². The van der Waals surface area contributed by atoms with Gasteiger partial charge in [-0.25, -0.2) is 0 Å². The second kappa shape index (κ2) is 10.7. The van der Waals surface area contributed by atoms with E-state index in [4.69, 9.17) is 0 Å². The normalized spacial score (nSPS) is 19.1. The molecule has 0 aliphatic heterocycles. The highest BCUT2D eigenvalue weighted by Crippen LogP contribution is 2.53. The summed E-state index contributed by atoms with van der Waals surface area (Å²) in [5, 5.41) is 19.6. The molecule has 0 bridgehead atoms. The van der Waals surface area contributed by atoms with Gasteiger partial charge in [0.2, 0.25) is 5.91 Å². The van der Waals surface area contributed by atoms with Crippen molar-refractivity contribution in [1.29, 1.82) is 0 Å². The first-order valence-corrected chi connectivity index (χ1v) is 14.2. The van der Waals surface area contributed by atoms with Crippen LogP contribution in [-0.2, 0) is 15.9 Å². The first-order valence-electron chi connectivity index (χ1n) is 12.6. The zero-order valence-electron chi connectivity index (χ0n) is 20.4. The lowest BCUT2D eigenvalue weighted by atomic mass is 9.93. The number of fused-ring (bicyclic) bond motifs is 2. The molecule has 5 rings (SSSR count). The molecule has 4 aromatic rings. The Labute approximate surface area is 215 Å². The van der Waals surface area contributed by atoms with E-state index in [1.54, 1.807) is 24.3 Å². The second-order valence-corrected chi connectivity index (χ2v) is 11.5. The molecule has 1 unspecified atom stereocenters. The Morgan fingerprint density at radius 1 is 0.865 bits per heavy atom. The molecule has 0 radical (unpaired) electrons. The average Bonchev–Trinajstić information content (AvgIpc) is 2.88. The highest BCUT2D eigenvalue weighted by atomic mass is 31.2. The summed E-state index contributed by atoms with van der Waals surface area (Å²) in [4.78, 5) is 34.2. The van der Waals surface area contributed by atoms with Crippen molar-refractivity contribution in [2.24, 2.45) is 0 Å². The Kier molecular flexibility index (Phi) is 7.43. The van der Waals surface area contributed by atoms with E-state index in [0.717, 1.165) is 47.4 Å². The van der Waals surface area contributed by atoms with Crippen LogP contribution >= 0.6 is 7.60 Å². The molecule has 0 saturated heterocycles. The lowest BCUT2D eigenvalue weighted by molar-refractivity contribution is -0.116. The first kappa shape index (κ1) is 25.6. The maximum absolute atomic E-state index is 13.6. The summed E-state index contributed by atoms with van der Waals surface area (Å²) in [6, 6.07) is 24.3. The molecule has 1 aliphatic carbocycles. The van der Waals surface area contributed by atoms with Crippen molar-refractivity contribution in [1.82, 2.24) is 5.32 Å². The number of aliphatic hydroxyl groups is 1. The summed E-state index contributed by atoms with van der Waals surface area (Å²) < 4.78 is 12.7. The molecule has 4 aromatic carbocycles. The molecular formula is C29H31N2O5P. The number of rotatable bonds is 7. The van der Waals surface area contributed by atoms with Crippen molar-refractivity contribution < 1.29 is 24.3 Å². The molecule has 7 nitrogen and oxygen atoms in total. The highest BCUT2D eigenvalue weighted by molar-refractivity contribution is 7.53. The maximum atomic E-state index is 13.6. The van der Waals surface area contributed by atoms with Crippen LogP contribution in [0, 0.1) is 0 Å². The third-order valence-electron chi connectivity index (χ3n) is 7.21. The predicted molar refractivity (Wildman–Crippen MR) is 146 cm³/mol. The molecule has 8 heteroatoms. The van der Waals surface area contributed by atoms with Gasteiger partial charge in [-0.15, -0.1) is 0 Å². The van der Waals surface area contributed by atoms with Gasteiger partial charge in [0.05, 0.1) is 6.10 Å². The second-order valence-electron chi connectivity index (χ2n) is 9.79. The van der Waals surface area contributed by atoms with E-state index >= 15 is 0 Å². The standard InChI is InChI=1S/C29H31N2O5P/c32-24-14-12-23(13-15-24)30-18-22-16-20-7-1-2-8-21(20)17-27(22)31-29(33)28(37(34,35)36)26-11-5-9-19-6-3-4-10-25(19)26/h1-11,16-17,23-24,28,30,32H,12-15,18H2,(H,31,33)(H2,34,35,36). The monoisotopic (exact) mass is 518 g/mol. The first-order chi connectivity index (χ1) is 17.8. The van der Waals surface area contributed by atoms with Crippen LogP contribution in [-0.4, -0.2) is 32.9 Å². The van der Waals surface area contributed by atoms with Crippen LogP contribution in [0.2, 0.25) is 0 Å². The molecule has 1 fully saturated rings. The summed E-state index contributed by atoms with van der Waals surface area (Å²) in [6.07, 6.45) is 3.02. The van der Waals surface area contributed by atoms with Gasteiger partial charge in [0, 0.05) is 18.3 Å². The molecule has 1 aliphatic rings. The smallest absolute Gasteiger partial charge is 0.342 e. The summed E-state index contributed by atoms with van der Waals surface area (Å²) in [7, 11) is -4.85. The van der Waals surface area contributed by atoms with Gasteiger partial charge in [-0.1, -0.05) is 66.7 Å². The third-order valence-corrected chi connectivity index (χ3v) is 8.40. The van der Waals surface area contributed by atoms with Gasteiger partial charge in [0.15, 0.2) is 5.66 Å². The van der Waals surface area contributed by atoms with E-state index in [1.165, 1.54) is 0 Å². The molecule has 192 valence electrons. The van der Waals surface area contributed by atoms with E-state index < -0.39 is 19.2 Å². The molecule has 1 atom stereocenters.